The summed E-state index contributed by atoms with van der Waals surface area (Å²) in [5.74, 6) is -1.05. The van der Waals surface area contributed by atoms with Crippen molar-refractivity contribution in [2.45, 2.75) is 56.1 Å². The van der Waals surface area contributed by atoms with E-state index >= 15 is 0 Å². The van der Waals surface area contributed by atoms with Gasteiger partial charge >= 0.3 is 5.97 Å². The van der Waals surface area contributed by atoms with Crippen molar-refractivity contribution in [2.75, 3.05) is 6.54 Å². The first-order valence-electron chi connectivity index (χ1n) is 6.57. The topological polar surface area (TPSA) is 95.8 Å². The zero-order valence-electron chi connectivity index (χ0n) is 10.9. The van der Waals surface area contributed by atoms with E-state index in [-0.39, 0.29) is 23.5 Å². The number of hydrogen-bond acceptors (Lipinski definition) is 5. The SMILES string of the molecule is O=NSC1(CNC(=O)CCCC(=O)O)CCCCC1. The molecule has 0 saturated heterocycles. The van der Waals surface area contributed by atoms with Gasteiger partial charge in [0.1, 0.15) is 0 Å². The molecule has 0 atom stereocenters. The number of nitrogens with zero attached hydrogens (tertiary/aromatic N) is 1. The van der Waals surface area contributed by atoms with Crippen LogP contribution in [0.1, 0.15) is 51.4 Å². The maximum atomic E-state index is 11.6. The monoisotopic (exact) mass is 288 g/mol. The molecule has 0 spiro atoms. The Kier molecular flexibility index (Phi) is 6.83. The Morgan fingerprint density at radius 2 is 1.89 bits per heavy atom. The highest BCUT2D eigenvalue weighted by molar-refractivity contribution is 7.99. The molecule has 108 valence electrons. The molecule has 1 fully saturated rings. The molecular formula is C12H20N2O4S. The Labute approximate surface area is 116 Å². The number of carboxylic acids is 1. The van der Waals surface area contributed by atoms with Gasteiger partial charge in [-0.05, 0) is 19.3 Å². The molecule has 0 bridgehead atoms. The minimum atomic E-state index is -0.891. The lowest BCUT2D eigenvalue weighted by atomic mass is 9.88. The van der Waals surface area contributed by atoms with E-state index in [1.165, 1.54) is 0 Å². The number of nitrogens with one attached hydrogen (secondary N) is 1. The molecule has 0 aliphatic heterocycles. The third-order valence-electron chi connectivity index (χ3n) is 3.40. The number of rotatable bonds is 8. The lowest BCUT2D eigenvalue weighted by Gasteiger charge is -2.33. The zero-order valence-corrected chi connectivity index (χ0v) is 11.7. The highest BCUT2D eigenvalue weighted by Crippen LogP contribution is 2.39. The molecule has 0 aromatic carbocycles. The van der Waals surface area contributed by atoms with Crippen LogP contribution >= 0.6 is 11.9 Å². The molecular weight excluding hydrogens is 268 g/mol. The number of hydrogen-bond donors (Lipinski definition) is 2. The Morgan fingerprint density at radius 1 is 1.21 bits per heavy atom. The molecule has 0 aromatic rings. The first-order valence-corrected chi connectivity index (χ1v) is 7.35. The van der Waals surface area contributed by atoms with Crippen LogP contribution in [0.15, 0.2) is 4.58 Å². The molecule has 0 aromatic heterocycles. The molecule has 1 aliphatic rings. The standard InChI is InChI=1S/C12H20N2O4S/c15-10(5-4-6-11(16)17)13-9-12(19-14-18)7-2-1-3-8-12/h1-9H2,(H,13,15)(H,16,17). The van der Waals surface area contributed by atoms with Crippen LogP contribution in [-0.2, 0) is 9.59 Å². The lowest BCUT2D eigenvalue weighted by Crippen LogP contribution is -2.41. The van der Waals surface area contributed by atoms with Gasteiger partial charge in [-0.25, -0.2) is 0 Å². The molecule has 6 nitrogen and oxygen atoms in total. The third-order valence-corrected chi connectivity index (χ3v) is 4.41. The number of nitroso groups, excluding NO2 is 1. The van der Waals surface area contributed by atoms with Crippen molar-refractivity contribution in [2.24, 2.45) is 4.58 Å². The predicted molar refractivity (Wildman–Crippen MR) is 73.7 cm³/mol. The number of carboxylic acid groups (broad SMARTS) is 1. The van der Waals surface area contributed by atoms with E-state index in [1.54, 1.807) is 0 Å². The smallest absolute Gasteiger partial charge is 0.303 e. The summed E-state index contributed by atoms with van der Waals surface area (Å²) < 4.78 is 2.67. The van der Waals surface area contributed by atoms with Crippen molar-refractivity contribution in [1.82, 2.24) is 5.32 Å². The first-order chi connectivity index (χ1) is 9.08. The number of aliphatic carboxylic acids is 1. The van der Waals surface area contributed by atoms with E-state index in [4.69, 9.17) is 5.11 Å². The molecule has 1 rings (SSSR count). The van der Waals surface area contributed by atoms with Crippen LogP contribution in [0.4, 0.5) is 0 Å². The van der Waals surface area contributed by atoms with Crippen molar-refractivity contribution in [3.63, 3.8) is 0 Å². The van der Waals surface area contributed by atoms with E-state index in [1.807, 2.05) is 0 Å². The summed E-state index contributed by atoms with van der Waals surface area (Å²) in [7, 11) is 0. The molecule has 0 radical (unpaired) electrons. The fourth-order valence-corrected chi connectivity index (χ4v) is 3.09. The quantitative estimate of drug-likeness (QED) is 0.528. The third kappa shape index (κ3) is 6.04. The van der Waals surface area contributed by atoms with Crippen LogP contribution in [0, 0.1) is 4.91 Å². The van der Waals surface area contributed by atoms with Crippen molar-refractivity contribution in [3.05, 3.63) is 4.91 Å². The normalized spacial score (nSPS) is 17.7. The molecule has 2 N–H and O–H groups in total. The van der Waals surface area contributed by atoms with Crippen LogP contribution in [0.25, 0.3) is 0 Å². The number of carbonyl (C=O) groups is 2. The van der Waals surface area contributed by atoms with Crippen LogP contribution in [-0.4, -0.2) is 28.3 Å². The second-order valence-electron chi connectivity index (χ2n) is 4.93. The molecule has 7 heteroatoms. The van der Waals surface area contributed by atoms with Gasteiger partial charge in [-0.3, -0.25) is 9.59 Å². The fraction of sp³-hybridized carbons (Fsp3) is 0.833. The van der Waals surface area contributed by atoms with Gasteiger partial charge in [-0.1, -0.05) is 19.3 Å². The van der Waals surface area contributed by atoms with E-state index in [0.29, 0.717) is 13.0 Å². The van der Waals surface area contributed by atoms with Crippen LogP contribution in [0.3, 0.4) is 0 Å². The van der Waals surface area contributed by atoms with E-state index in [2.05, 4.69) is 9.90 Å². The van der Waals surface area contributed by atoms with Gasteiger partial charge in [-0.15, -0.1) is 4.91 Å². The Morgan fingerprint density at radius 3 is 2.47 bits per heavy atom. The molecule has 0 heterocycles. The van der Waals surface area contributed by atoms with E-state index in [9.17, 15) is 14.5 Å². The van der Waals surface area contributed by atoms with Crippen molar-refractivity contribution < 1.29 is 14.7 Å². The number of carbonyl (C=O) groups excluding carboxylic acids is 1. The average molecular weight is 288 g/mol. The maximum Gasteiger partial charge on any atom is 0.303 e. The van der Waals surface area contributed by atoms with Gasteiger partial charge < -0.3 is 10.4 Å². The molecule has 19 heavy (non-hydrogen) atoms. The second-order valence-corrected chi connectivity index (χ2v) is 6.13. The van der Waals surface area contributed by atoms with Gasteiger partial charge in [0, 0.05) is 35.9 Å². The zero-order chi connectivity index (χ0) is 14.1. The van der Waals surface area contributed by atoms with Gasteiger partial charge in [0.05, 0.1) is 4.75 Å². The summed E-state index contributed by atoms with van der Waals surface area (Å²) in [5.41, 5.74) is 0. The Balaban J connectivity index is 2.32. The number of amides is 1. The predicted octanol–water partition coefficient (Wildman–Crippen LogP) is 2.48. The summed E-state index contributed by atoms with van der Waals surface area (Å²) in [4.78, 5) is 32.4. The second kappa shape index (κ2) is 8.14. The molecule has 1 aliphatic carbocycles. The van der Waals surface area contributed by atoms with Crippen molar-refractivity contribution >= 4 is 23.8 Å². The summed E-state index contributed by atoms with van der Waals surface area (Å²) in [6.07, 6.45) is 5.60. The first kappa shape index (κ1) is 15.9. The Hall–Kier alpha value is -1.11. The van der Waals surface area contributed by atoms with Crippen LogP contribution < -0.4 is 5.32 Å². The minimum Gasteiger partial charge on any atom is -0.481 e. The largest absolute Gasteiger partial charge is 0.481 e. The Bertz CT molecular complexity index is 330. The average Bonchev–Trinajstić information content (AvgIpc) is 2.38. The molecule has 1 amide bonds. The van der Waals surface area contributed by atoms with E-state index < -0.39 is 5.97 Å². The van der Waals surface area contributed by atoms with E-state index in [0.717, 1.165) is 44.1 Å². The van der Waals surface area contributed by atoms with Crippen LogP contribution in [0.2, 0.25) is 0 Å². The van der Waals surface area contributed by atoms with Crippen molar-refractivity contribution in [3.8, 4) is 0 Å². The highest BCUT2D eigenvalue weighted by atomic mass is 32.2. The maximum absolute atomic E-state index is 11.6. The van der Waals surface area contributed by atoms with Gasteiger partial charge in [0.15, 0.2) is 0 Å². The molecule has 0 unspecified atom stereocenters. The minimum absolute atomic E-state index is 0.00318. The highest BCUT2D eigenvalue weighted by Gasteiger charge is 2.34. The summed E-state index contributed by atoms with van der Waals surface area (Å²) >= 11 is 1.03. The van der Waals surface area contributed by atoms with Crippen LogP contribution in [0.5, 0.6) is 0 Å². The summed E-state index contributed by atoms with van der Waals surface area (Å²) in [6, 6.07) is 0. The molecule has 1 saturated carbocycles. The van der Waals surface area contributed by atoms with Gasteiger partial charge in [0.2, 0.25) is 5.91 Å². The summed E-state index contributed by atoms with van der Waals surface area (Å²) in [5, 5.41) is 11.3. The fourth-order valence-electron chi connectivity index (χ4n) is 2.32. The van der Waals surface area contributed by atoms with Gasteiger partial charge in [0.25, 0.3) is 0 Å². The lowest BCUT2D eigenvalue weighted by molar-refractivity contribution is -0.137. The van der Waals surface area contributed by atoms with Gasteiger partial charge in [-0.2, -0.15) is 0 Å². The van der Waals surface area contributed by atoms with Crippen molar-refractivity contribution in [1.29, 1.82) is 0 Å². The summed E-state index contributed by atoms with van der Waals surface area (Å²) in [6.45, 7) is 0.440.